The van der Waals surface area contributed by atoms with E-state index < -0.39 is 0 Å². The fraction of sp³-hybridized carbons (Fsp3) is 0.684. The van der Waals surface area contributed by atoms with Gasteiger partial charge in [0.15, 0.2) is 0 Å². The highest BCUT2D eigenvalue weighted by Crippen LogP contribution is 2.61. The summed E-state index contributed by atoms with van der Waals surface area (Å²) in [5.74, 6) is 3.09. The smallest absolute Gasteiger partial charge is 0.238 e. The van der Waals surface area contributed by atoms with Crippen LogP contribution >= 0.6 is 0 Å². The van der Waals surface area contributed by atoms with E-state index in [0.717, 1.165) is 23.5 Å². The molecule has 0 saturated heterocycles. The van der Waals surface area contributed by atoms with E-state index in [1.807, 2.05) is 6.07 Å². The standard InChI is InChI=1S/C19H26N2O3/c22-17(4-3-16-2-1-5-24-16)20-21-18(23)12-19-9-13-6-14(10-19)8-15(7-13)11-19/h1-2,5,13-15H,3-4,6-12H2,(H,20,22)(H,21,23). The van der Waals surface area contributed by atoms with Crippen molar-refractivity contribution in [2.45, 2.75) is 57.8 Å². The molecule has 4 bridgehead atoms. The molecule has 4 aliphatic rings. The van der Waals surface area contributed by atoms with Gasteiger partial charge in [-0.25, -0.2) is 0 Å². The molecule has 0 radical (unpaired) electrons. The summed E-state index contributed by atoms with van der Waals surface area (Å²) in [7, 11) is 0. The summed E-state index contributed by atoms with van der Waals surface area (Å²) in [6.07, 6.45) is 10.8. The molecule has 0 spiro atoms. The number of nitrogens with one attached hydrogen (secondary N) is 2. The average Bonchev–Trinajstić information content (AvgIpc) is 3.02. The number of amides is 2. The predicted octanol–water partition coefficient (Wildman–Crippen LogP) is 2.97. The van der Waals surface area contributed by atoms with Gasteiger partial charge in [-0.1, -0.05) is 0 Å². The Hall–Kier alpha value is -1.78. The van der Waals surface area contributed by atoms with Crippen LogP contribution in [0.5, 0.6) is 0 Å². The summed E-state index contributed by atoms with van der Waals surface area (Å²) < 4.78 is 5.20. The van der Waals surface area contributed by atoms with Crippen molar-refractivity contribution in [1.29, 1.82) is 0 Å². The number of rotatable bonds is 5. The second-order valence-electron chi connectivity index (χ2n) is 8.27. The molecule has 1 aromatic heterocycles. The summed E-state index contributed by atoms with van der Waals surface area (Å²) in [5.41, 5.74) is 5.37. The molecule has 1 aromatic rings. The normalized spacial score (nSPS) is 33.4. The Bertz CT molecular complexity index is 573. The van der Waals surface area contributed by atoms with Crippen molar-refractivity contribution in [3.05, 3.63) is 24.2 Å². The molecule has 1 heterocycles. The van der Waals surface area contributed by atoms with Gasteiger partial charge in [-0.2, -0.15) is 0 Å². The highest BCUT2D eigenvalue weighted by Gasteiger charge is 2.51. The lowest BCUT2D eigenvalue weighted by Gasteiger charge is -2.56. The molecule has 4 fully saturated rings. The second kappa shape index (κ2) is 6.26. The van der Waals surface area contributed by atoms with Crippen LogP contribution in [0.1, 0.15) is 57.1 Å². The summed E-state index contributed by atoms with van der Waals surface area (Å²) >= 11 is 0. The molecule has 4 aliphatic carbocycles. The maximum atomic E-state index is 12.3. The van der Waals surface area contributed by atoms with Crippen molar-refractivity contribution in [1.82, 2.24) is 10.9 Å². The van der Waals surface area contributed by atoms with Gasteiger partial charge in [0.25, 0.3) is 0 Å². The van der Waals surface area contributed by atoms with Gasteiger partial charge in [-0.05, 0) is 73.8 Å². The SMILES string of the molecule is O=C(CCc1ccco1)NNC(=O)CC12CC3CC(CC(C3)C1)C2. The number of carbonyl (C=O) groups is 2. The van der Waals surface area contributed by atoms with Crippen LogP contribution in [0.15, 0.2) is 22.8 Å². The summed E-state index contributed by atoms with van der Waals surface area (Å²) in [6, 6.07) is 3.65. The Morgan fingerprint density at radius 3 is 2.25 bits per heavy atom. The Labute approximate surface area is 142 Å². The topological polar surface area (TPSA) is 71.3 Å². The van der Waals surface area contributed by atoms with Crippen LogP contribution in [0.2, 0.25) is 0 Å². The van der Waals surface area contributed by atoms with Crippen LogP contribution in [0.3, 0.4) is 0 Å². The van der Waals surface area contributed by atoms with Crippen molar-refractivity contribution in [2.24, 2.45) is 23.2 Å². The highest BCUT2D eigenvalue weighted by atomic mass is 16.3. The summed E-state index contributed by atoms with van der Waals surface area (Å²) in [6.45, 7) is 0. The van der Waals surface area contributed by atoms with Crippen LogP contribution in [0, 0.1) is 23.2 Å². The van der Waals surface area contributed by atoms with E-state index >= 15 is 0 Å². The van der Waals surface area contributed by atoms with Crippen LogP contribution in [0.25, 0.3) is 0 Å². The van der Waals surface area contributed by atoms with Crippen LogP contribution in [-0.2, 0) is 16.0 Å². The van der Waals surface area contributed by atoms with Gasteiger partial charge in [-0.3, -0.25) is 20.4 Å². The zero-order valence-electron chi connectivity index (χ0n) is 14.1. The number of furan rings is 1. The first kappa shape index (κ1) is 15.7. The fourth-order valence-electron chi connectivity index (χ4n) is 5.78. The Kier molecular flexibility index (Phi) is 4.10. The molecule has 4 saturated carbocycles. The Morgan fingerprint density at radius 1 is 1.04 bits per heavy atom. The van der Waals surface area contributed by atoms with E-state index in [1.54, 1.807) is 12.3 Å². The van der Waals surface area contributed by atoms with Crippen molar-refractivity contribution < 1.29 is 14.0 Å². The quantitative estimate of drug-likeness (QED) is 0.815. The van der Waals surface area contributed by atoms with Crippen LogP contribution in [-0.4, -0.2) is 11.8 Å². The minimum Gasteiger partial charge on any atom is -0.469 e. The van der Waals surface area contributed by atoms with Crippen LogP contribution in [0.4, 0.5) is 0 Å². The third-order valence-electron chi connectivity index (χ3n) is 6.22. The largest absolute Gasteiger partial charge is 0.469 e. The maximum Gasteiger partial charge on any atom is 0.238 e. The molecule has 5 nitrogen and oxygen atoms in total. The van der Waals surface area contributed by atoms with Gasteiger partial charge < -0.3 is 4.42 Å². The molecule has 0 unspecified atom stereocenters. The van der Waals surface area contributed by atoms with Crippen molar-refractivity contribution >= 4 is 11.8 Å². The van der Waals surface area contributed by atoms with E-state index in [0.29, 0.717) is 19.3 Å². The summed E-state index contributed by atoms with van der Waals surface area (Å²) in [5, 5.41) is 0. The molecule has 24 heavy (non-hydrogen) atoms. The minimum absolute atomic E-state index is 0.0386. The number of aryl methyl sites for hydroxylation is 1. The lowest BCUT2D eigenvalue weighted by molar-refractivity contribution is -0.134. The van der Waals surface area contributed by atoms with E-state index in [1.165, 1.54) is 38.5 Å². The van der Waals surface area contributed by atoms with Gasteiger partial charge >= 0.3 is 0 Å². The number of hydrogen-bond acceptors (Lipinski definition) is 3. The number of hydrazine groups is 1. The fourth-order valence-corrected chi connectivity index (χ4v) is 5.78. The van der Waals surface area contributed by atoms with E-state index in [2.05, 4.69) is 10.9 Å². The highest BCUT2D eigenvalue weighted by molar-refractivity contribution is 5.82. The molecule has 0 aromatic carbocycles. The first-order chi connectivity index (χ1) is 11.6. The van der Waals surface area contributed by atoms with E-state index in [4.69, 9.17) is 4.42 Å². The van der Waals surface area contributed by atoms with Gasteiger partial charge in [0.05, 0.1) is 6.26 Å². The van der Waals surface area contributed by atoms with Gasteiger partial charge in [0.1, 0.15) is 5.76 Å². The lowest BCUT2D eigenvalue weighted by atomic mass is 9.49. The zero-order valence-corrected chi connectivity index (χ0v) is 14.1. The first-order valence-electron chi connectivity index (χ1n) is 9.20. The lowest BCUT2D eigenvalue weighted by Crippen LogP contribution is -2.50. The van der Waals surface area contributed by atoms with Crippen molar-refractivity contribution in [2.75, 3.05) is 0 Å². The molecular formula is C19H26N2O3. The minimum atomic E-state index is -0.176. The molecular weight excluding hydrogens is 304 g/mol. The Balaban J connectivity index is 1.23. The average molecular weight is 330 g/mol. The summed E-state index contributed by atoms with van der Waals surface area (Å²) in [4.78, 5) is 24.2. The molecule has 2 amide bonds. The first-order valence-corrected chi connectivity index (χ1v) is 9.20. The van der Waals surface area contributed by atoms with Crippen molar-refractivity contribution in [3.63, 3.8) is 0 Å². The second-order valence-corrected chi connectivity index (χ2v) is 8.27. The van der Waals surface area contributed by atoms with E-state index in [-0.39, 0.29) is 17.2 Å². The van der Waals surface area contributed by atoms with Crippen molar-refractivity contribution in [3.8, 4) is 0 Å². The Morgan fingerprint density at radius 2 is 1.67 bits per heavy atom. The third kappa shape index (κ3) is 3.35. The van der Waals surface area contributed by atoms with Gasteiger partial charge in [-0.15, -0.1) is 0 Å². The monoisotopic (exact) mass is 330 g/mol. The number of hydrogen-bond donors (Lipinski definition) is 2. The molecule has 0 atom stereocenters. The molecule has 5 heteroatoms. The third-order valence-corrected chi connectivity index (χ3v) is 6.22. The zero-order chi connectivity index (χ0) is 16.6. The number of carbonyl (C=O) groups excluding carboxylic acids is 2. The maximum absolute atomic E-state index is 12.3. The van der Waals surface area contributed by atoms with Crippen LogP contribution < -0.4 is 10.9 Å². The predicted molar refractivity (Wildman–Crippen MR) is 88.5 cm³/mol. The molecule has 2 N–H and O–H groups in total. The van der Waals surface area contributed by atoms with Gasteiger partial charge in [0, 0.05) is 19.3 Å². The van der Waals surface area contributed by atoms with Gasteiger partial charge in [0.2, 0.25) is 11.8 Å². The molecule has 130 valence electrons. The van der Waals surface area contributed by atoms with E-state index in [9.17, 15) is 9.59 Å². The molecule has 0 aliphatic heterocycles. The molecule has 5 rings (SSSR count).